The molecule has 182 valence electrons. The molecule has 2 aromatic rings. The highest BCUT2D eigenvalue weighted by Gasteiger charge is 2.40. The van der Waals surface area contributed by atoms with Crippen molar-refractivity contribution in [1.82, 2.24) is 20.1 Å². The molecule has 2 amide bonds. The topological polar surface area (TPSA) is 74.8 Å². The van der Waals surface area contributed by atoms with E-state index in [1.807, 2.05) is 11.0 Å². The quantitative estimate of drug-likeness (QED) is 0.748. The first-order valence-corrected chi connectivity index (χ1v) is 12.4. The Bertz CT molecular complexity index is 942. The number of rotatable bonds is 4. The minimum atomic E-state index is -0.114. The Labute approximate surface area is 202 Å². The van der Waals surface area contributed by atoms with E-state index in [0.29, 0.717) is 37.5 Å². The Morgan fingerprint density at radius 3 is 2.53 bits per heavy atom. The molecule has 1 saturated heterocycles. The number of benzene rings is 1. The Hall–Kier alpha value is -2.93. The van der Waals surface area contributed by atoms with Crippen molar-refractivity contribution in [1.29, 1.82) is 0 Å². The largest absolute Gasteiger partial charge is 0.481 e. The summed E-state index contributed by atoms with van der Waals surface area (Å²) in [4.78, 5) is 34.8. The second-order valence-electron chi connectivity index (χ2n) is 9.45. The van der Waals surface area contributed by atoms with Gasteiger partial charge in [0.1, 0.15) is 0 Å². The lowest BCUT2D eigenvalue weighted by Crippen LogP contribution is -2.52. The Morgan fingerprint density at radius 2 is 1.82 bits per heavy atom. The molecule has 0 bridgehead atoms. The maximum absolute atomic E-state index is 13.2. The van der Waals surface area contributed by atoms with Gasteiger partial charge in [0, 0.05) is 56.9 Å². The fourth-order valence-corrected chi connectivity index (χ4v) is 5.37. The van der Waals surface area contributed by atoms with Crippen molar-refractivity contribution in [2.75, 3.05) is 33.3 Å². The van der Waals surface area contributed by atoms with Crippen molar-refractivity contribution in [3.8, 4) is 5.88 Å². The molecule has 1 aromatic carbocycles. The lowest BCUT2D eigenvalue weighted by molar-refractivity contribution is -0.125. The fourth-order valence-electron chi connectivity index (χ4n) is 5.37. The minimum Gasteiger partial charge on any atom is -0.481 e. The van der Waals surface area contributed by atoms with Gasteiger partial charge in [0.05, 0.1) is 12.7 Å². The molecule has 1 spiro atoms. The van der Waals surface area contributed by atoms with Gasteiger partial charge in [-0.3, -0.25) is 14.5 Å². The summed E-state index contributed by atoms with van der Waals surface area (Å²) in [5.41, 5.74) is 1.68. The molecule has 1 saturated carbocycles. The van der Waals surface area contributed by atoms with Crippen molar-refractivity contribution in [3.05, 3.63) is 59.8 Å². The van der Waals surface area contributed by atoms with Gasteiger partial charge in [0.2, 0.25) is 11.8 Å². The van der Waals surface area contributed by atoms with Gasteiger partial charge in [-0.1, -0.05) is 49.6 Å². The summed E-state index contributed by atoms with van der Waals surface area (Å²) in [7, 11) is 1.56. The van der Waals surface area contributed by atoms with E-state index in [9.17, 15) is 9.59 Å². The SMILES string of the molecule is COc1ccc(C(=O)N2CCCN(Cc3ccccc3)C3(CCCCC3)CC(=O)NCC2)cn1. The molecule has 1 aliphatic heterocycles. The van der Waals surface area contributed by atoms with E-state index in [2.05, 4.69) is 39.5 Å². The predicted octanol–water partition coefficient (Wildman–Crippen LogP) is 3.65. The Kier molecular flexibility index (Phi) is 8.16. The second-order valence-corrected chi connectivity index (χ2v) is 9.45. The van der Waals surface area contributed by atoms with Crippen LogP contribution in [0.1, 0.15) is 60.9 Å². The van der Waals surface area contributed by atoms with Crippen LogP contribution >= 0.6 is 0 Å². The molecule has 2 fully saturated rings. The number of methoxy groups -OCH3 is 1. The van der Waals surface area contributed by atoms with Crippen LogP contribution in [0.5, 0.6) is 5.88 Å². The van der Waals surface area contributed by atoms with Crippen LogP contribution in [0.4, 0.5) is 0 Å². The average molecular weight is 465 g/mol. The molecule has 4 rings (SSSR count). The molecule has 1 N–H and O–H groups in total. The molecule has 0 unspecified atom stereocenters. The van der Waals surface area contributed by atoms with Gasteiger partial charge in [0.25, 0.3) is 5.91 Å². The fraction of sp³-hybridized carbons (Fsp3) is 0.519. The van der Waals surface area contributed by atoms with E-state index in [-0.39, 0.29) is 17.4 Å². The summed E-state index contributed by atoms with van der Waals surface area (Å²) in [6, 6.07) is 14.0. The summed E-state index contributed by atoms with van der Waals surface area (Å²) < 4.78 is 5.11. The number of hydrogen-bond acceptors (Lipinski definition) is 5. The molecule has 7 heteroatoms. The summed E-state index contributed by atoms with van der Waals surface area (Å²) in [5.74, 6) is 0.501. The van der Waals surface area contributed by atoms with Gasteiger partial charge >= 0.3 is 0 Å². The van der Waals surface area contributed by atoms with Crippen LogP contribution in [-0.4, -0.2) is 65.4 Å². The van der Waals surface area contributed by atoms with Gasteiger partial charge in [0.15, 0.2) is 0 Å². The zero-order valence-electron chi connectivity index (χ0n) is 20.2. The number of aromatic nitrogens is 1. The summed E-state index contributed by atoms with van der Waals surface area (Å²) >= 11 is 0. The Morgan fingerprint density at radius 1 is 1.03 bits per heavy atom. The number of amides is 2. The van der Waals surface area contributed by atoms with Crippen LogP contribution in [0.25, 0.3) is 0 Å². The molecule has 34 heavy (non-hydrogen) atoms. The standard InChI is InChI=1S/C27H36N4O3/c1-34-25-12-11-23(20-29-25)26(33)30-16-8-17-31(21-22-9-4-2-5-10-22)27(13-6-3-7-14-27)19-24(32)28-15-18-30/h2,4-5,9-12,20H,3,6-8,13-19,21H2,1H3,(H,28,32). The monoisotopic (exact) mass is 464 g/mol. The zero-order valence-corrected chi connectivity index (χ0v) is 20.2. The average Bonchev–Trinajstić information content (AvgIpc) is 2.90. The van der Waals surface area contributed by atoms with Crippen molar-refractivity contribution >= 4 is 11.8 Å². The van der Waals surface area contributed by atoms with Gasteiger partial charge in [-0.2, -0.15) is 0 Å². The first-order chi connectivity index (χ1) is 16.6. The highest BCUT2D eigenvalue weighted by Crippen LogP contribution is 2.38. The molecular weight excluding hydrogens is 428 g/mol. The van der Waals surface area contributed by atoms with Gasteiger partial charge in [-0.15, -0.1) is 0 Å². The number of carbonyl (C=O) groups excluding carboxylic acids is 2. The van der Waals surface area contributed by atoms with E-state index < -0.39 is 0 Å². The third-order valence-electron chi connectivity index (χ3n) is 7.20. The van der Waals surface area contributed by atoms with E-state index >= 15 is 0 Å². The van der Waals surface area contributed by atoms with Gasteiger partial charge in [-0.05, 0) is 30.9 Å². The van der Waals surface area contributed by atoms with Crippen molar-refractivity contribution in [2.24, 2.45) is 0 Å². The Balaban J connectivity index is 1.54. The number of nitrogens with one attached hydrogen (secondary N) is 1. The number of carbonyl (C=O) groups is 2. The maximum Gasteiger partial charge on any atom is 0.255 e. The number of ether oxygens (including phenoxy) is 1. The van der Waals surface area contributed by atoms with Crippen LogP contribution in [0, 0.1) is 0 Å². The van der Waals surface area contributed by atoms with Crippen LogP contribution in [0.2, 0.25) is 0 Å². The number of hydrogen-bond donors (Lipinski definition) is 1. The smallest absolute Gasteiger partial charge is 0.255 e. The van der Waals surface area contributed by atoms with Crippen LogP contribution in [-0.2, 0) is 11.3 Å². The highest BCUT2D eigenvalue weighted by molar-refractivity contribution is 5.94. The van der Waals surface area contributed by atoms with Gasteiger partial charge < -0.3 is 15.0 Å². The normalized spacial score (nSPS) is 19.8. The summed E-state index contributed by atoms with van der Waals surface area (Å²) in [5, 5.41) is 3.10. The summed E-state index contributed by atoms with van der Waals surface area (Å²) in [6.45, 7) is 3.27. The lowest BCUT2D eigenvalue weighted by Gasteiger charge is -2.46. The number of nitrogens with zero attached hydrogens (tertiary/aromatic N) is 3. The van der Waals surface area contributed by atoms with E-state index in [4.69, 9.17) is 4.74 Å². The molecule has 7 nitrogen and oxygen atoms in total. The van der Waals surface area contributed by atoms with Crippen molar-refractivity contribution in [3.63, 3.8) is 0 Å². The second kappa shape index (κ2) is 11.5. The zero-order chi connectivity index (χ0) is 23.8. The van der Waals surface area contributed by atoms with Crippen LogP contribution in [0.15, 0.2) is 48.7 Å². The predicted molar refractivity (Wildman–Crippen MR) is 132 cm³/mol. The van der Waals surface area contributed by atoms with E-state index in [1.165, 1.54) is 12.0 Å². The molecule has 0 atom stereocenters. The molecule has 0 radical (unpaired) electrons. The third-order valence-corrected chi connectivity index (χ3v) is 7.20. The summed E-state index contributed by atoms with van der Waals surface area (Å²) in [6.07, 6.45) is 8.60. The van der Waals surface area contributed by atoms with Crippen molar-refractivity contribution < 1.29 is 14.3 Å². The molecule has 2 heterocycles. The van der Waals surface area contributed by atoms with Crippen LogP contribution < -0.4 is 10.1 Å². The molecule has 1 aliphatic carbocycles. The maximum atomic E-state index is 13.2. The van der Waals surface area contributed by atoms with Crippen LogP contribution in [0.3, 0.4) is 0 Å². The van der Waals surface area contributed by atoms with E-state index in [1.54, 1.807) is 25.4 Å². The first kappa shape index (κ1) is 24.2. The first-order valence-electron chi connectivity index (χ1n) is 12.4. The lowest BCUT2D eigenvalue weighted by atomic mass is 9.77. The van der Waals surface area contributed by atoms with Gasteiger partial charge in [-0.25, -0.2) is 4.98 Å². The van der Waals surface area contributed by atoms with Crippen molar-refractivity contribution in [2.45, 2.75) is 57.0 Å². The number of pyridine rings is 1. The highest BCUT2D eigenvalue weighted by atomic mass is 16.5. The van der Waals surface area contributed by atoms with E-state index in [0.717, 1.165) is 45.2 Å². The molecule has 1 aromatic heterocycles. The third kappa shape index (κ3) is 5.95. The molecule has 2 aliphatic rings. The molecular formula is C27H36N4O3. The minimum absolute atomic E-state index is 0.0642.